The van der Waals surface area contributed by atoms with Gasteiger partial charge in [-0.3, -0.25) is 4.79 Å². The van der Waals surface area contributed by atoms with Gasteiger partial charge in [-0.05, 0) is 19.3 Å². The quantitative estimate of drug-likeness (QED) is 0.902. The molecule has 2 heterocycles. The van der Waals surface area contributed by atoms with Gasteiger partial charge in [0.1, 0.15) is 0 Å². The fourth-order valence-electron chi connectivity index (χ4n) is 2.79. The van der Waals surface area contributed by atoms with Crippen molar-refractivity contribution in [3.63, 3.8) is 0 Å². The van der Waals surface area contributed by atoms with Crippen molar-refractivity contribution >= 4 is 17.6 Å². The molecule has 0 bridgehead atoms. The molecule has 0 amide bonds. The van der Waals surface area contributed by atoms with E-state index in [0.29, 0.717) is 13.0 Å². The van der Waals surface area contributed by atoms with Crippen LogP contribution >= 0.6 is 0 Å². The van der Waals surface area contributed by atoms with Gasteiger partial charge in [-0.25, -0.2) is 9.97 Å². The van der Waals surface area contributed by atoms with Crippen molar-refractivity contribution in [1.82, 2.24) is 9.97 Å². The fourth-order valence-corrected chi connectivity index (χ4v) is 2.79. The summed E-state index contributed by atoms with van der Waals surface area (Å²) in [5, 5.41) is 9.56. The zero-order valence-corrected chi connectivity index (χ0v) is 12.3. The van der Waals surface area contributed by atoms with Gasteiger partial charge in [-0.2, -0.15) is 0 Å². The van der Waals surface area contributed by atoms with Crippen LogP contribution in [0.25, 0.3) is 0 Å². The van der Waals surface area contributed by atoms with Crippen molar-refractivity contribution in [2.24, 2.45) is 5.41 Å². The number of carbonyl (C=O) groups is 1. The molecule has 1 aromatic rings. The van der Waals surface area contributed by atoms with Crippen LogP contribution in [0.15, 0.2) is 12.4 Å². The Morgan fingerprint density at radius 1 is 1.45 bits per heavy atom. The van der Waals surface area contributed by atoms with Crippen LogP contribution in [0.5, 0.6) is 0 Å². The summed E-state index contributed by atoms with van der Waals surface area (Å²) in [5.41, 5.74) is -0.667. The van der Waals surface area contributed by atoms with Crippen molar-refractivity contribution in [3.8, 4) is 0 Å². The third kappa shape index (κ3) is 2.55. The van der Waals surface area contributed by atoms with Gasteiger partial charge in [0.05, 0.1) is 5.41 Å². The first-order valence-corrected chi connectivity index (χ1v) is 6.97. The number of rotatable bonds is 4. The second-order valence-electron chi connectivity index (χ2n) is 5.56. The summed E-state index contributed by atoms with van der Waals surface area (Å²) < 4.78 is 0. The number of nitrogens with zero attached hydrogens (tertiary/aromatic N) is 4. The molecular weight excluding hydrogens is 256 g/mol. The minimum absolute atomic E-state index is 0.498. The van der Waals surface area contributed by atoms with E-state index >= 15 is 0 Å². The van der Waals surface area contributed by atoms with Gasteiger partial charge >= 0.3 is 5.97 Å². The van der Waals surface area contributed by atoms with Crippen LogP contribution in [-0.4, -0.2) is 48.2 Å². The zero-order valence-electron chi connectivity index (χ0n) is 12.3. The van der Waals surface area contributed by atoms with Crippen LogP contribution in [0.1, 0.15) is 26.2 Å². The summed E-state index contributed by atoms with van der Waals surface area (Å²) in [6, 6.07) is 0. The van der Waals surface area contributed by atoms with Crippen LogP contribution in [0.3, 0.4) is 0 Å². The second kappa shape index (κ2) is 5.64. The SMILES string of the molecule is CC[C@@]1(C(=O)O)CCCN(c2nccnc2N(C)C)C1. The Hall–Kier alpha value is -1.85. The molecule has 6 heteroatoms. The Bertz CT molecular complexity index is 492. The molecule has 0 aliphatic carbocycles. The molecule has 1 atom stereocenters. The summed E-state index contributed by atoms with van der Waals surface area (Å²) in [4.78, 5) is 24.4. The highest BCUT2D eigenvalue weighted by Gasteiger charge is 2.41. The van der Waals surface area contributed by atoms with E-state index in [0.717, 1.165) is 31.0 Å². The molecule has 1 fully saturated rings. The van der Waals surface area contributed by atoms with Crippen LogP contribution in [-0.2, 0) is 4.79 Å². The van der Waals surface area contributed by atoms with Crippen LogP contribution < -0.4 is 9.80 Å². The van der Waals surface area contributed by atoms with Gasteiger partial charge < -0.3 is 14.9 Å². The van der Waals surface area contributed by atoms with Crippen LogP contribution in [0, 0.1) is 5.41 Å². The molecule has 0 unspecified atom stereocenters. The molecule has 1 aliphatic heterocycles. The van der Waals surface area contributed by atoms with Crippen molar-refractivity contribution < 1.29 is 9.90 Å². The van der Waals surface area contributed by atoms with E-state index < -0.39 is 11.4 Å². The molecule has 1 aliphatic rings. The third-order valence-electron chi connectivity index (χ3n) is 4.09. The molecule has 0 radical (unpaired) electrons. The van der Waals surface area contributed by atoms with Crippen molar-refractivity contribution in [2.75, 3.05) is 37.0 Å². The largest absolute Gasteiger partial charge is 0.481 e. The Labute approximate surface area is 119 Å². The highest BCUT2D eigenvalue weighted by molar-refractivity contribution is 5.76. The lowest BCUT2D eigenvalue weighted by Gasteiger charge is -2.40. The first kappa shape index (κ1) is 14.6. The highest BCUT2D eigenvalue weighted by atomic mass is 16.4. The number of aliphatic carboxylic acids is 1. The number of carboxylic acid groups (broad SMARTS) is 1. The number of aromatic nitrogens is 2. The lowest BCUT2D eigenvalue weighted by molar-refractivity contribution is -0.149. The highest BCUT2D eigenvalue weighted by Crippen LogP contribution is 2.37. The molecule has 1 aromatic heterocycles. The fraction of sp³-hybridized carbons (Fsp3) is 0.643. The number of carboxylic acids is 1. The molecule has 1 N–H and O–H groups in total. The van der Waals surface area contributed by atoms with Gasteiger partial charge in [-0.1, -0.05) is 6.92 Å². The first-order chi connectivity index (χ1) is 9.50. The minimum Gasteiger partial charge on any atom is -0.481 e. The number of piperidine rings is 1. The van der Waals surface area contributed by atoms with E-state index in [9.17, 15) is 9.90 Å². The van der Waals surface area contributed by atoms with Crippen LogP contribution in [0.4, 0.5) is 11.6 Å². The monoisotopic (exact) mass is 278 g/mol. The summed E-state index contributed by atoms with van der Waals surface area (Å²) in [6.45, 7) is 3.27. The van der Waals surface area contributed by atoms with Gasteiger partial charge in [0.2, 0.25) is 0 Å². The molecule has 2 rings (SSSR count). The first-order valence-electron chi connectivity index (χ1n) is 6.97. The van der Waals surface area contributed by atoms with Gasteiger partial charge in [0.15, 0.2) is 11.6 Å². The normalized spacial score (nSPS) is 22.6. The average molecular weight is 278 g/mol. The van der Waals surface area contributed by atoms with E-state index in [1.807, 2.05) is 25.9 Å². The standard InChI is InChI=1S/C14H22N4O2/c1-4-14(13(19)20)6-5-9-18(10-14)12-11(17(2)3)15-7-8-16-12/h7-8H,4-6,9-10H2,1-3H3,(H,19,20)/t14-/m1/s1. The predicted molar refractivity (Wildman–Crippen MR) is 78.2 cm³/mol. The van der Waals surface area contributed by atoms with Crippen molar-refractivity contribution in [2.45, 2.75) is 26.2 Å². The Morgan fingerprint density at radius 3 is 2.75 bits per heavy atom. The maximum atomic E-state index is 11.6. The average Bonchev–Trinajstić information content (AvgIpc) is 2.47. The van der Waals surface area contributed by atoms with E-state index in [1.165, 1.54) is 0 Å². The Balaban J connectivity index is 2.32. The molecule has 6 nitrogen and oxygen atoms in total. The minimum atomic E-state index is -0.708. The van der Waals surface area contributed by atoms with Gasteiger partial charge in [-0.15, -0.1) is 0 Å². The maximum Gasteiger partial charge on any atom is 0.311 e. The summed E-state index contributed by atoms with van der Waals surface area (Å²) in [5.74, 6) is 0.848. The van der Waals surface area contributed by atoms with Gasteiger partial charge in [0.25, 0.3) is 0 Å². The maximum absolute atomic E-state index is 11.6. The zero-order chi connectivity index (χ0) is 14.8. The van der Waals surface area contributed by atoms with Crippen molar-refractivity contribution in [3.05, 3.63) is 12.4 Å². The summed E-state index contributed by atoms with van der Waals surface area (Å²) in [7, 11) is 3.84. The van der Waals surface area contributed by atoms with E-state index in [2.05, 4.69) is 14.9 Å². The number of hydrogen-bond donors (Lipinski definition) is 1. The lowest BCUT2D eigenvalue weighted by atomic mass is 9.77. The smallest absolute Gasteiger partial charge is 0.311 e. The lowest BCUT2D eigenvalue weighted by Crippen LogP contribution is -2.48. The van der Waals surface area contributed by atoms with Crippen molar-refractivity contribution in [1.29, 1.82) is 0 Å². The third-order valence-corrected chi connectivity index (χ3v) is 4.09. The molecule has 0 saturated carbocycles. The summed E-state index contributed by atoms with van der Waals surface area (Å²) >= 11 is 0. The summed E-state index contributed by atoms with van der Waals surface area (Å²) in [6.07, 6.45) is 5.55. The molecule has 0 aromatic carbocycles. The van der Waals surface area contributed by atoms with Gasteiger partial charge in [0, 0.05) is 39.6 Å². The molecule has 110 valence electrons. The van der Waals surface area contributed by atoms with E-state index in [4.69, 9.17) is 0 Å². The second-order valence-corrected chi connectivity index (χ2v) is 5.56. The van der Waals surface area contributed by atoms with E-state index in [-0.39, 0.29) is 0 Å². The van der Waals surface area contributed by atoms with Crippen LogP contribution in [0.2, 0.25) is 0 Å². The number of anilines is 2. The Kier molecular flexibility index (Phi) is 4.11. The topological polar surface area (TPSA) is 69.6 Å². The number of hydrogen-bond acceptors (Lipinski definition) is 5. The molecular formula is C14H22N4O2. The molecule has 1 saturated heterocycles. The van der Waals surface area contributed by atoms with E-state index in [1.54, 1.807) is 12.4 Å². The molecule has 20 heavy (non-hydrogen) atoms. The Morgan fingerprint density at radius 2 is 2.15 bits per heavy atom. The molecule has 0 spiro atoms. The predicted octanol–water partition coefficient (Wildman–Crippen LogP) is 1.62.